The summed E-state index contributed by atoms with van der Waals surface area (Å²) in [6.07, 6.45) is 1.08. The predicted molar refractivity (Wildman–Crippen MR) is 76.5 cm³/mol. The first-order chi connectivity index (χ1) is 8.95. The highest BCUT2D eigenvalue weighted by molar-refractivity contribution is 5.56. The second kappa shape index (κ2) is 7.04. The number of anilines is 1. The molecule has 1 aromatic heterocycles. The van der Waals surface area contributed by atoms with E-state index in [1.807, 2.05) is 14.0 Å². The van der Waals surface area contributed by atoms with Gasteiger partial charge in [-0.1, -0.05) is 6.92 Å². The molecule has 0 aliphatic carbocycles. The van der Waals surface area contributed by atoms with Crippen molar-refractivity contribution >= 4 is 11.5 Å². The van der Waals surface area contributed by atoms with E-state index in [2.05, 4.69) is 29.0 Å². The van der Waals surface area contributed by atoms with Crippen molar-refractivity contribution in [1.29, 1.82) is 0 Å². The number of nitrogens with one attached hydrogen (secondary N) is 1. The lowest BCUT2D eigenvalue weighted by Crippen LogP contribution is -2.32. The number of pyridine rings is 1. The Kier molecular flexibility index (Phi) is 5.69. The van der Waals surface area contributed by atoms with Gasteiger partial charge in [-0.05, 0) is 33.4 Å². The molecule has 1 atom stereocenters. The summed E-state index contributed by atoms with van der Waals surface area (Å²) in [5, 5.41) is 14.0. The highest BCUT2D eigenvalue weighted by Crippen LogP contribution is 2.21. The molecule has 1 rings (SSSR count). The molecule has 0 radical (unpaired) electrons. The summed E-state index contributed by atoms with van der Waals surface area (Å²) >= 11 is 0. The second-order valence-electron chi connectivity index (χ2n) is 4.74. The molecule has 1 unspecified atom stereocenters. The zero-order valence-electron chi connectivity index (χ0n) is 12.0. The number of aryl methyl sites for hydroxylation is 1. The lowest BCUT2D eigenvalue weighted by atomic mass is 10.2. The van der Waals surface area contributed by atoms with Crippen molar-refractivity contribution < 1.29 is 4.92 Å². The number of nitro groups is 1. The van der Waals surface area contributed by atoms with Gasteiger partial charge < -0.3 is 10.2 Å². The van der Waals surface area contributed by atoms with E-state index >= 15 is 0 Å². The van der Waals surface area contributed by atoms with Crippen LogP contribution >= 0.6 is 0 Å². The minimum atomic E-state index is -0.410. The number of hydrogen-bond acceptors (Lipinski definition) is 5. The topological polar surface area (TPSA) is 71.3 Å². The van der Waals surface area contributed by atoms with Gasteiger partial charge in [0.05, 0.1) is 4.92 Å². The van der Waals surface area contributed by atoms with Gasteiger partial charge in [-0.15, -0.1) is 0 Å². The molecule has 6 heteroatoms. The van der Waals surface area contributed by atoms with Gasteiger partial charge in [0.15, 0.2) is 0 Å². The van der Waals surface area contributed by atoms with E-state index in [1.54, 1.807) is 6.07 Å². The zero-order valence-corrected chi connectivity index (χ0v) is 12.0. The maximum atomic E-state index is 10.9. The lowest BCUT2D eigenvalue weighted by molar-refractivity contribution is -0.384. The van der Waals surface area contributed by atoms with Gasteiger partial charge in [0.2, 0.25) is 5.82 Å². The number of hydrogen-bond donors (Lipinski definition) is 1. The molecule has 0 aliphatic heterocycles. The number of aromatic nitrogens is 1. The molecule has 1 aromatic rings. The molecular formula is C13H22N4O2. The van der Waals surface area contributed by atoms with E-state index < -0.39 is 4.92 Å². The molecule has 1 heterocycles. The first-order valence-electron chi connectivity index (χ1n) is 6.51. The second-order valence-corrected chi connectivity index (χ2v) is 4.74. The Morgan fingerprint density at radius 1 is 1.53 bits per heavy atom. The molecule has 0 bridgehead atoms. The van der Waals surface area contributed by atoms with Crippen molar-refractivity contribution in [1.82, 2.24) is 9.88 Å². The van der Waals surface area contributed by atoms with Crippen LogP contribution in [0.5, 0.6) is 0 Å². The van der Waals surface area contributed by atoms with Crippen LogP contribution in [-0.4, -0.2) is 41.0 Å². The van der Waals surface area contributed by atoms with Crippen molar-refractivity contribution in [3.8, 4) is 0 Å². The van der Waals surface area contributed by atoms with E-state index in [1.165, 1.54) is 6.07 Å². The van der Waals surface area contributed by atoms with E-state index in [0.717, 1.165) is 18.7 Å². The molecule has 6 nitrogen and oxygen atoms in total. The summed E-state index contributed by atoms with van der Waals surface area (Å²) in [5.41, 5.74) is 0.792. The summed E-state index contributed by atoms with van der Waals surface area (Å²) in [4.78, 5) is 16.9. The molecule has 0 saturated heterocycles. The summed E-state index contributed by atoms with van der Waals surface area (Å²) in [6.45, 7) is 7.58. The summed E-state index contributed by atoms with van der Waals surface area (Å²) in [5.74, 6) is 0.350. The molecule has 1 N–H and O–H groups in total. The van der Waals surface area contributed by atoms with Gasteiger partial charge >= 0.3 is 5.69 Å². The fourth-order valence-corrected chi connectivity index (χ4v) is 1.71. The van der Waals surface area contributed by atoms with Crippen molar-refractivity contribution in [2.45, 2.75) is 33.2 Å². The van der Waals surface area contributed by atoms with Crippen molar-refractivity contribution in [3.63, 3.8) is 0 Å². The predicted octanol–water partition coefficient (Wildman–Crippen LogP) is 2.44. The summed E-state index contributed by atoms with van der Waals surface area (Å²) in [7, 11) is 2.05. The maximum Gasteiger partial charge on any atom is 0.311 e. The zero-order chi connectivity index (χ0) is 14.4. The first-order valence-corrected chi connectivity index (χ1v) is 6.51. The van der Waals surface area contributed by atoms with E-state index in [4.69, 9.17) is 0 Å². The van der Waals surface area contributed by atoms with Crippen LogP contribution in [-0.2, 0) is 0 Å². The normalized spacial score (nSPS) is 12.5. The van der Waals surface area contributed by atoms with Gasteiger partial charge in [-0.3, -0.25) is 10.1 Å². The molecular weight excluding hydrogens is 244 g/mol. The van der Waals surface area contributed by atoms with Gasteiger partial charge in [0, 0.05) is 30.9 Å². The van der Waals surface area contributed by atoms with Crippen LogP contribution in [0.25, 0.3) is 0 Å². The molecule has 0 fully saturated rings. The van der Waals surface area contributed by atoms with Crippen LogP contribution in [0.4, 0.5) is 11.5 Å². The number of nitrogens with zero attached hydrogens (tertiary/aromatic N) is 3. The molecule has 19 heavy (non-hydrogen) atoms. The smallest absolute Gasteiger partial charge is 0.311 e. The molecule has 0 aromatic carbocycles. The fourth-order valence-electron chi connectivity index (χ4n) is 1.71. The van der Waals surface area contributed by atoms with E-state index in [-0.39, 0.29) is 5.69 Å². The molecule has 106 valence electrons. The van der Waals surface area contributed by atoms with Crippen LogP contribution in [0.3, 0.4) is 0 Å². The average molecular weight is 266 g/mol. The Bertz CT molecular complexity index is 437. The van der Waals surface area contributed by atoms with Gasteiger partial charge in [0.1, 0.15) is 0 Å². The third kappa shape index (κ3) is 4.48. The van der Waals surface area contributed by atoms with Crippen LogP contribution < -0.4 is 5.32 Å². The summed E-state index contributed by atoms with van der Waals surface area (Å²) < 4.78 is 0. The Hall–Kier alpha value is -1.69. The molecule has 0 spiro atoms. The van der Waals surface area contributed by atoms with Crippen LogP contribution in [0.15, 0.2) is 12.1 Å². The van der Waals surface area contributed by atoms with Crippen molar-refractivity contribution in [2.24, 2.45) is 0 Å². The molecule has 0 saturated carbocycles. The Balaban J connectivity index is 2.62. The highest BCUT2D eigenvalue weighted by atomic mass is 16.6. The highest BCUT2D eigenvalue weighted by Gasteiger charge is 2.15. The third-order valence-corrected chi connectivity index (χ3v) is 3.31. The SMILES string of the molecule is CCC(C)N(C)CCNc1nc(C)ccc1[N+](=O)[O-]. The summed E-state index contributed by atoms with van der Waals surface area (Å²) in [6, 6.07) is 3.64. The van der Waals surface area contributed by atoms with Crippen LogP contribution in [0.2, 0.25) is 0 Å². The maximum absolute atomic E-state index is 10.9. The quantitative estimate of drug-likeness (QED) is 0.606. The monoisotopic (exact) mass is 266 g/mol. The third-order valence-electron chi connectivity index (χ3n) is 3.31. The Labute approximate surface area is 114 Å². The lowest BCUT2D eigenvalue weighted by Gasteiger charge is -2.23. The van der Waals surface area contributed by atoms with Crippen LogP contribution in [0.1, 0.15) is 26.0 Å². The minimum Gasteiger partial charge on any atom is -0.363 e. The van der Waals surface area contributed by atoms with E-state index in [9.17, 15) is 10.1 Å². The molecule has 0 amide bonds. The van der Waals surface area contributed by atoms with E-state index in [0.29, 0.717) is 18.4 Å². The Morgan fingerprint density at radius 2 is 2.21 bits per heavy atom. The van der Waals surface area contributed by atoms with Crippen molar-refractivity contribution in [2.75, 3.05) is 25.5 Å². The Morgan fingerprint density at radius 3 is 2.79 bits per heavy atom. The standard InChI is InChI=1S/C13H22N4O2/c1-5-11(3)16(4)9-8-14-13-12(17(18)19)7-6-10(2)15-13/h6-7,11H,5,8-9H2,1-4H3,(H,14,15). The van der Waals surface area contributed by atoms with Gasteiger partial charge in [-0.2, -0.15) is 0 Å². The fraction of sp³-hybridized carbons (Fsp3) is 0.615. The first kappa shape index (κ1) is 15.4. The van der Waals surface area contributed by atoms with Gasteiger partial charge in [-0.25, -0.2) is 4.98 Å². The van der Waals surface area contributed by atoms with Crippen LogP contribution in [0, 0.1) is 17.0 Å². The number of likely N-dealkylation sites (N-methyl/N-ethyl adjacent to an activating group) is 1. The minimum absolute atomic E-state index is 0.0248. The van der Waals surface area contributed by atoms with Crippen molar-refractivity contribution in [3.05, 3.63) is 27.9 Å². The van der Waals surface area contributed by atoms with Gasteiger partial charge in [0.25, 0.3) is 0 Å². The molecule has 0 aliphatic rings. The average Bonchev–Trinajstić information content (AvgIpc) is 2.37. The number of rotatable bonds is 7. The largest absolute Gasteiger partial charge is 0.363 e.